The van der Waals surface area contributed by atoms with Crippen molar-refractivity contribution in [1.29, 1.82) is 0 Å². The van der Waals surface area contributed by atoms with Crippen LogP contribution in [-0.4, -0.2) is 37.7 Å². The van der Waals surface area contributed by atoms with Crippen LogP contribution in [0, 0.1) is 0 Å². The van der Waals surface area contributed by atoms with Crippen molar-refractivity contribution in [1.82, 2.24) is 24.0 Å². The number of rotatable bonds is 11. The molecule has 0 fully saturated rings. The first-order chi connectivity index (χ1) is 17.4. The summed E-state index contributed by atoms with van der Waals surface area (Å²) in [6, 6.07) is 17.4. The van der Waals surface area contributed by atoms with Gasteiger partial charge in [-0.05, 0) is 42.7 Å². The van der Waals surface area contributed by atoms with Crippen molar-refractivity contribution in [2.75, 3.05) is 13.2 Å². The minimum atomic E-state index is -0.578. The summed E-state index contributed by atoms with van der Waals surface area (Å²) in [6.45, 7) is 1.07. The average Bonchev–Trinajstić information content (AvgIpc) is 3.29. The molecule has 2 heterocycles. The Labute approximate surface area is 207 Å². The van der Waals surface area contributed by atoms with E-state index < -0.39 is 17.2 Å². The quantitative estimate of drug-likeness (QED) is 0.322. The number of nitrogens with zero attached hydrogens (tertiary/aromatic N) is 4. The molecule has 0 unspecified atom stereocenters. The Morgan fingerprint density at radius 3 is 2.36 bits per heavy atom. The van der Waals surface area contributed by atoms with E-state index in [0.717, 1.165) is 28.1 Å². The Morgan fingerprint density at radius 2 is 1.64 bits per heavy atom. The fraction of sp³-hybridized carbons (Fsp3) is 0.308. The standard InChI is InChI=1S/C26H29N5O5/c1-29-18-28-24-23(29)25(33)31(26(34)30(24)2)16-22(32)27-14-6-7-15-35-20-10-12-21(13-11-20)36-17-19-8-4-3-5-9-19/h3-5,8-13,18H,6-7,14-17H2,1-2H3,(H,27,32). The lowest BCUT2D eigenvalue weighted by molar-refractivity contribution is -0.121. The van der Waals surface area contributed by atoms with Crippen molar-refractivity contribution in [3.8, 4) is 11.5 Å². The Bertz CT molecular complexity index is 1440. The largest absolute Gasteiger partial charge is 0.494 e. The molecule has 36 heavy (non-hydrogen) atoms. The minimum absolute atomic E-state index is 0.276. The van der Waals surface area contributed by atoms with E-state index in [4.69, 9.17) is 9.47 Å². The van der Waals surface area contributed by atoms with Gasteiger partial charge in [-0.1, -0.05) is 30.3 Å². The van der Waals surface area contributed by atoms with Gasteiger partial charge < -0.3 is 19.4 Å². The van der Waals surface area contributed by atoms with Crippen LogP contribution >= 0.6 is 0 Å². The molecule has 0 spiro atoms. The molecule has 0 bridgehead atoms. The van der Waals surface area contributed by atoms with E-state index in [-0.39, 0.29) is 12.1 Å². The summed E-state index contributed by atoms with van der Waals surface area (Å²) >= 11 is 0. The molecule has 4 aromatic rings. The summed E-state index contributed by atoms with van der Waals surface area (Å²) in [5.74, 6) is 1.11. The van der Waals surface area contributed by atoms with Crippen LogP contribution in [0.3, 0.4) is 0 Å². The molecule has 1 N–H and O–H groups in total. The van der Waals surface area contributed by atoms with Gasteiger partial charge in [0, 0.05) is 20.6 Å². The summed E-state index contributed by atoms with van der Waals surface area (Å²) in [4.78, 5) is 41.6. The monoisotopic (exact) mass is 491 g/mol. The molecule has 10 heteroatoms. The van der Waals surface area contributed by atoms with Gasteiger partial charge in [0.2, 0.25) is 5.91 Å². The van der Waals surface area contributed by atoms with Gasteiger partial charge in [-0.15, -0.1) is 0 Å². The van der Waals surface area contributed by atoms with Crippen LogP contribution in [0.2, 0.25) is 0 Å². The smallest absolute Gasteiger partial charge is 0.332 e. The first-order valence-electron chi connectivity index (χ1n) is 11.7. The van der Waals surface area contributed by atoms with Crippen molar-refractivity contribution < 1.29 is 14.3 Å². The molecule has 0 aliphatic carbocycles. The zero-order chi connectivity index (χ0) is 25.5. The van der Waals surface area contributed by atoms with Crippen LogP contribution in [0.1, 0.15) is 18.4 Å². The highest BCUT2D eigenvalue weighted by atomic mass is 16.5. The zero-order valence-corrected chi connectivity index (χ0v) is 20.3. The number of hydrogen-bond donors (Lipinski definition) is 1. The number of carbonyl (C=O) groups excluding carboxylic acids is 1. The number of imidazole rings is 1. The molecule has 188 valence electrons. The first kappa shape index (κ1) is 24.8. The van der Waals surface area contributed by atoms with Crippen LogP contribution < -0.4 is 26.0 Å². The lowest BCUT2D eigenvalue weighted by Crippen LogP contribution is -2.43. The predicted octanol–water partition coefficient (Wildman–Crippen LogP) is 1.99. The molecular formula is C26H29N5O5. The highest BCUT2D eigenvalue weighted by molar-refractivity contribution is 5.76. The van der Waals surface area contributed by atoms with E-state index in [1.807, 2.05) is 54.6 Å². The number of amides is 1. The highest BCUT2D eigenvalue weighted by Crippen LogP contribution is 2.19. The number of benzene rings is 2. The van der Waals surface area contributed by atoms with Gasteiger partial charge in [0.15, 0.2) is 11.2 Å². The Hall–Kier alpha value is -4.34. The van der Waals surface area contributed by atoms with E-state index >= 15 is 0 Å². The number of nitrogens with one attached hydrogen (secondary N) is 1. The summed E-state index contributed by atoms with van der Waals surface area (Å²) in [5.41, 5.74) is 0.560. The zero-order valence-electron chi connectivity index (χ0n) is 20.3. The van der Waals surface area contributed by atoms with Crippen LogP contribution in [0.25, 0.3) is 11.2 Å². The van der Waals surface area contributed by atoms with Gasteiger partial charge in [0.05, 0.1) is 12.9 Å². The van der Waals surface area contributed by atoms with Gasteiger partial charge in [0.25, 0.3) is 5.56 Å². The Kier molecular flexibility index (Phi) is 7.84. The Morgan fingerprint density at radius 1 is 0.944 bits per heavy atom. The van der Waals surface area contributed by atoms with Crippen molar-refractivity contribution in [2.24, 2.45) is 14.1 Å². The van der Waals surface area contributed by atoms with Crippen LogP contribution in [0.5, 0.6) is 11.5 Å². The van der Waals surface area contributed by atoms with E-state index in [0.29, 0.717) is 31.8 Å². The molecule has 4 rings (SSSR count). The van der Waals surface area contributed by atoms with Gasteiger partial charge in [-0.2, -0.15) is 0 Å². The summed E-state index contributed by atoms with van der Waals surface area (Å²) in [5, 5.41) is 2.75. The summed E-state index contributed by atoms with van der Waals surface area (Å²) in [7, 11) is 3.19. The van der Waals surface area contributed by atoms with Crippen molar-refractivity contribution in [2.45, 2.75) is 26.0 Å². The normalized spacial score (nSPS) is 10.9. The average molecular weight is 492 g/mol. The van der Waals surface area contributed by atoms with Crippen LogP contribution in [0.15, 0.2) is 70.5 Å². The van der Waals surface area contributed by atoms with Crippen molar-refractivity contribution >= 4 is 17.1 Å². The fourth-order valence-corrected chi connectivity index (χ4v) is 3.75. The van der Waals surface area contributed by atoms with Crippen molar-refractivity contribution in [3.05, 3.63) is 87.3 Å². The molecule has 0 radical (unpaired) electrons. The molecule has 10 nitrogen and oxygen atoms in total. The lowest BCUT2D eigenvalue weighted by Gasteiger charge is -2.10. The first-order valence-corrected chi connectivity index (χ1v) is 11.7. The molecule has 2 aromatic carbocycles. The van der Waals surface area contributed by atoms with Crippen LogP contribution in [0.4, 0.5) is 0 Å². The fourth-order valence-electron chi connectivity index (χ4n) is 3.75. The summed E-state index contributed by atoms with van der Waals surface area (Å²) in [6.07, 6.45) is 2.89. The van der Waals surface area contributed by atoms with Gasteiger partial charge >= 0.3 is 5.69 Å². The number of fused-ring (bicyclic) bond motifs is 1. The molecule has 0 aliphatic rings. The second-order valence-electron chi connectivity index (χ2n) is 8.41. The van der Waals surface area contributed by atoms with E-state index in [1.165, 1.54) is 22.5 Å². The number of ether oxygens (including phenoxy) is 2. The maximum atomic E-state index is 12.7. The third-order valence-electron chi connectivity index (χ3n) is 5.74. The molecule has 1 amide bonds. The molecule has 0 atom stereocenters. The van der Waals surface area contributed by atoms with E-state index in [1.54, 1.807) is 7.05 Å². The minimum Gasteiger partial charge on any atom is -0.494 e. The number of aryl methyl sites for hydroxylation is 2. The van der Waals surface area contributed by atoms with Gasteiger partial charge in [0.1, 0.15) is 24.7 Å². The maximum absolute atomic E-state index is 12.7. The van der Waals surface area contributed by atoms with Crippen LogP contribution in [-0.2, 0) is 32.0 Å². The number of carbonyl (C=O) groups is 1. The third-order valence-corrected chi connectivity index (χ3v) is 5.74. The molecule has 2 aromatic heterocycles. The number of unbranched alkanes of at least 4 members (excludes halogenated alkanes) is 1. The lowest BCUT2D eigenvalue weighted by atomic mass is 10.2. The molecule has 0 saturated heterocycles. The van der Waals surface area contributed by atoms with E-state index in [2.05, 4.69) is 10.3 Å². The SMILES string of the molecule is Cn1cnc2c1c(=O)n(CC(=O)NCCCCOc1ccc(OCc3ccccc3)cc1)c(=O)n2C. The third kappa shape index (κ3) is 5.83. The van der Waals surface area contributed by atoms with Gasteiger partial charge in [-0.3, -0.25) is 14.2 Å². The Balaban J connectivity index is 1.17. The molecule has 0 saturated carbocycles. The molecule has 0 aliphatic heterocycles. The second-order valence-corrected chi connectivity index (χ2v) is 8.41. The number of hydrogen-bond acceptors (Lipinski definition) is 6. The predicted molar refractivity (Wildman–Crippen MR) is 135 cm³/mol. The molecular weight excluding hydrogens is 462 g/mol. The van der Waals surface area contributed by atoms with Gasteiger partial charge in [-0.25, -0.2) is 14.3 Å². The van der Waals surface area contributed by atoms with E-state index in [9.17, 15) is 14.4 Å². The highest BCUT2D eigenvalue weighted by Gasteiger charge is 2.16. The second kappa shape index (κ2) is 11.4. The number of aromatic nitrogens is 4. The summed E-state index contributed by atoms with van der Waals surface area (Å²) < 4.78 is 15.3. The van der Waals surface area contributed by atoms with Crippen molar-refractivity contribution in [3.63, 3.8) is 0 Å². The topological polar surface area (TPSA) is 109 Å². The maximum Gasteiger partial charge on any atom is 0.332 e.